The fourth-order valence-corrected chi connectivity index (χ4v) is 3.51. The van der Waals surface area contributed by atoms with Gasteiger partial charge in [0.2, 0.25) is 5.91 Å². The van der Waals surface area contributed by atoms with E-state index in [1.165, 1.54) is 23.1 Å². The van der Waals surface area contributed by atoms with Crippen LogP contribution in [0.5, 0.6) is 0 Å². The second-order valence-corrected chi connectivity index (χ2v) is 7.48. The Hall–Kier alpha value is -3.15. The van der Waals surface area contributed by atoms with Crippen LogP contribution in [-0.2, 0) is 27.2 Å². The van der Waals surface area contributed by atoms with Gasteiger partial charge in [0.05, 0.1) is 12.1 Å². The SMILES string of the molecule is Cc1cccc(C)c1NC(=O)CN(C)C(=O)COC(=O)c1ccc2c(c1)CCC2. The standard InChI is InChI=1S/C23H26N2O4/c1-15-6-4-7-16(2)22(15)24-20(26)13-25(3)21(27)14-29-23(28)19-11-10-17-8-5-9-18(17)12-19/h4,6-7,10-12H,5,8-9,13-14H2,1-3H3,(H,24,26). The molecule has 1 aliphatic rings. The van der Waals surface area contributed by atoms with Crippen LogP contribution in [0.1, 0.15) is 39.0 Å². The van der Waals surface area contributed by atoms with Crippen LogP contribution in [0.15, 0.2) is 36.4 Å². The van der Waals surface area contributed by atoms with Crippen LogP contribution < -0.4 is 5.32 Å². The lowest BCUT2D eigenvalue weighted by Crippen LogP contribution is -2.37. The van der Waals surface area contributed by atoms with Crippen LogP contribution >= 0.6 is 0 Å². The van der Waals surface area contributed by atoms with Crippen LogP contribution in [0.2, 0.25) is 0 Å². The number of aryl methyl sites for hydroxylation is 4. The number of likely N-dealkylation sites (N-methyl/N-ethyl adjacent to an activating group) is 1. The molecule has 0 atom stereocenters. The van der Waals surface area contributed by atoms with Crippen LogP contribution in [0.4, 0.5) is 5.69 Å². The highest BCUT2D eigenvalue weighted by Gasteiger charge is 2.18. The highest BCUT2D eigenvalue weighted by Crippen LogP contribution is 2.23. The molecule has 1 N–H and O–H groups in total. The molecular weight excluding hydrogens is 368 g/mol. The van der Waals surface area contributed by atoms with Crippen molar-refractivity contribution < 1.29 is 19.1 Å². The lowest BCUT2D eigenvalue weighted by atomic mass is 10.1. The number of rotatable bonds is 6. The van der Waals surface area contributed by atoms with E-state index in [9.17, 15) is 14.4 Å². The lowest BCUT2D eigenvalue weighted by Gasteiger charge is -2.18. The molecule has 0 bridgehead atoms. The summed E-state index contributed by atoms with van der Waals surface area (Å²) in [4.78, 5) is 38.0. The van der Waals surface area contributed by atoms with Crippen LogP contribution in [0, 0.1) is 13.8 Å². The van der Waals surface area contributed by atoms with Crippen LogP contribution in [0.25, 0.3) is 0 Å². The van der Waals surface area contributed by atoms with Crippen molar-refractivity contribution in [1.82, 2.24) is 4.90 Å². The molecule has 3 rings (SSSR count). The minimum absolute atomic E-state index is 0.122. The van der Waals surface area contributed by atoms with Crippen molar-refractivity contribution in [2.24, 2.45) is 0 Å². The first-order valence-corrected chi connectivity index (χ1v) is 9.74. The van der Waals surface area contributed by atoms with Gasteiger partial charge in [-0.15, -0.1) is 0 Å². The number of fused-ring (bicyclic) bond motifs is 1. The minimum Gasteiger partial charge on any atom is -0.452 e. The summed E-state index contributed by atoms with van der Waals surface area (Å²) in [5.74, 6) is -1.26. The molecule has 6 nitrogen and oxygen atoms in total. The van der Waals surface area contributed by atoms with E-state index in [4.69, 9.17) is 4.74 Å². The van der Waals surface area contributed by atoms with Gasteiger partial charge >= 0.3 is 5.97 Å². The van der Waals surface area contributed by atoms with Crippen molar-refractivity contribution in [3.63, 3.8) is 0 Å². The number of amides is 2. The second-order valence-electron chi connectivity index (χ2n) is 7.48. The first-order chi connectivity index (χ1) is 13.8. The molecule has 2 aromatic rings. The number of hydrogen-bond acceptors (Lipinski definition) is 4. The molecule has 0 aromatic heterocycles. The summed E-state index contributed by atoms with van der Waals surface area (Å²) in [7, 11) is 1.51. The second kappa shape index (κ2) is 8.90. The number of ether oxygens (including phenoxy) is 1. The summed E-state index contributed by atoms with van der Waals surface area (Å²) in [6, 6.07) is 11.3. The third kappa shape index (κ3) is 5.02. The Morgan fingerprint density at radius 3 is 2.45 bits per heavy atom. The van der Waals surface area contributed by atoms with E-state index < -0.39 is 18.5 Å². The van der Waals surface area contributed by atoms with Crippen molar-refractivity contribution in [2.75, 3.05) is 25.5 Å². The Morgan fingerprint density at radius 2 is 1.72 bits per heavy atom. The summed E-state index contributed by atoms with van der Waals surface area (Å²) in [6.07, 6.45) is 3.10. The molecule has 1 aliphatic carbocycles. The number of esters is 1. The Morgan fingerprint density at radius 1 is 1.03 bits per heavy atom. The van der Waals surface area contributed by atoms with Crippen LogP contribution in [0.3, 0.4) is 0 Å². The number of nitrogens with zero attached hydrogens (tertiary/aromatic N) is 1. The zero-order chi connectivity index (χ0) is 21.0. The zero-order valence-corrected chi connectivity index (χ0v) is 17.1. The van der Waals surface area contributed by atoms with Crippen molar-refractivity contribution in [1.29, 1.82) is 0 Å². The lowest BCUT2D eigenvalue weighted by molar-refractivity contribution is -0.136. The van der Waals surface area contributed by atoms with E-state index in [1.54, 1.807) is 6.07 Å². The maximum atomic E-state index is 12.3. The average molecular weight is 394 g/mol. The smallest absolute Gasteiger partial charge is 0.338 e. The quantitative estimate of drug-likeness (QED) is 0.764. The fraction of sp³-hybridized carbons (Fsp3) is 0.348. The Labute approximate surface area is 170 Å². The number of nitrogens with one attached hydrogen (secondary N) is 1. The number of carbonyl (C=O) groups excluding carboxylic acids is 3. The van der Waals surface area contributed by atoms with E-state index in [0.29, 0.717) is 5.56 Å². The summed E-state index contributed by atoms with van der Waals surface area (Å²) in [6.45, 7) is 3.30. The topological polar surface area (TPSA) is 75.7 Å². The molecule has 0 unspecified atom stereocenters. The van der Waals surface area contributed by atoms with Gasteiger partial charge in [-0.1, -0.05) is 24.3 Å². The predicted molar refractivity (Wildman–Crippen MR) is 111 cm³/mol. The molecule has 2 aromatic carbocycles. The number of hydrogen-bond donors (Lipinski definition) is 1. The molecule has 6 heteroatoms. The fourth-order valence-electron chi connectivity index (χ4n) is 3.51. The monoisotopic (exact) mass is 394 g/mol. The van der Waals surface area contributed by atoms with E-state index in [0.717, 1.165) is 36.1 Å². The Bertz CT molecular complexity index is 932. The highest BCUT2D eigenvalue weighted by atomic mass is 16.5. The van der Waals surface area contributed by atoms with Gasteiger partial charge in [-0.25, -0.2) is 4.79 Å². The molecule has 0 heterocycles. The minimum atomic E-state index is -0.526. The summed E-state index contributed by atoms with van der Waals surface area (Å²) < 4.78 is 5.15. The van der Waals surface area contributed by atoms with Gasteiger partial charge in [0.1, 0.15) is 0 Å². The molecule has 0 saturated carbocycles. The average Bonchev–Trinajstić information content (AvgIpc) is 3.16. The molecule has 0 radical (unpaired) electrons. The highest BCUT2D eigenvalue weighted by molar-refractivity contribution is 5.96. The molecule has 0 spiro atoms. The van der Waals surface area contributed by atoms with Crippen molar-refractivity contribution in [2.45, 2.75) is 33.1 Å². The van der Waals surface area contributed by atoms with E-state index in [1.807, 2.05) is 44.2 Å². The number of benzene rings is 2. The first kappa shape index (κ1) is 20.6. The third-order valence-electron chi connectivity index (χ3n) is 5.21. The number of anilines is 1. The molecule has 2 amide bonds. The summed E-state index contributed by atoms with van der Waals surface area (Å²) in [5, 5.41) is 2.84. The normalized spacial score (nSPS) is 12.2. The van der Waals surface area contributed by atoms with Crippen molar-refractivity contribution in [3.05, 3.63) is 64.2 Å². The van der Waals surface area contributed by atoms with Crippen molar-refractivity contribution in [3.8, 4) is 0 Å². The molecule has 29 heavy (non-hydrogen) atoms. The molecule has 0 fully saturated rings. The van der Waals surface area contributed by atoms with E-state index in [2.05, 4.69) is 5.32 Å². The van der Waals surface area contributed by atoms with Gasteiger partial charge < -0.3 is 15.0 Å². The largest absolute Gasteiger partial charge is 0.452 e. The number of carbonyl (C=O) groups is 3. The summed E-state index contributed by atoms with van der Waals surface area (Å²) >= 11 is 0. The maximum Gasteiger partial charge on any atom is 0.338 e. The third-order valence-corrected chi connectivity index (χ3v) is 5.21. The van der Waals surface area contributed by atoms with Gasteiger partial charge in [-0.2, -0.15) is 0 Å². The summed E-state index contributed by atoms with van der Waals surface area (Å²) in [5.41, 5.74) is 5.56. The van der Waals surface area contributed by atoms with E-state index in [-0.39, 0.29) is 12.5 Å². The Kier molecular flexibility index (Phi) is 6.32. The van der Waals surface area contributed by atoms with Gasteiger partial charge in [0, 0.05) is 12.7 Å². The van der Waals surface area contributed by atoms with Gasteiger partial charge in [0.25, 0.3) is 5.91 Å². The predicted octanol–water partition coefficient (Wildman–Crippen LogP) is 3.05. The molecular formula is C23H26N2O4. The van der Waals surface area contributed by atoms with Gasteiger partial charge in [-0.05, 0) is 67.5 Å². The number of para-hydroxylation sites is 1. The molecule has 0 saturated heterocycles. The van der Waals surface area contributed by atoms with E-state index >= 15 is 0 Å². The van der Waals surface area contributed by atoms with Crippen molar-refractivity contribution >= 4 is 23.5 Å². The molecule has 152 valence electrons. The first-order valence-electron chi connectivity index (χ1n) is 9.74. The zero-order valence-electron chi connectivity index (χ0n) is 17.1. The maximum absolute atomic E-state index is 12.3. The van der Waals surface area contributed by atoms with Gasteiger partial charge in [-0.3, -0.25) is 9.59 Å². The van der Waals surface area contributed by atoms with Crippen LogP contribution in [-0.4, -0.2) is 42.9 Å². The Balaban J connectivity index is 1.50. The van der Waals surface area contributed by atoms with Gasteiger partial charge in [0.15, 0.2) is 6.61 Å². The molecule has 0 aliphatic heterocycles.